The highest BCUT2D eigenvalue weighted by molar-refractivity contribution is 7.91. The molecular formula is C14H15FN2O2S. The van der Waals surface area contributed by atoms with E-state index in [4.69, 9.17) is 4.52 Å². The average Bonchev–Trinajstić information content (AvgIpc) is 2.84. The molecular weight excluding hydrogens is 279 g/mol. The van der Waals surface area contributed by atoms with Crippen molar-refractivity contribution in [2.45, 2.75) is 25.5 Å². The normalized spacial score (nSPS) is 13.8. The molecule has 0 fully saturated rings. The third kappa shape index (κ3) is 3.46. The van der Waals surface area contributed by atoms with Gasteiger partial charge in [0.15, 0.2) is 5.76 Å². The van der Waals surface area contributed by atoms with Gasteiger partial charge < -0.3 is 9.08 Å². The second-order valence-corrected chi connectivity index (χ2v) is 7.13. The topological polar surface area (TPSA) is 61.5 Å². The van der Waals surface area contributed by atoms with Gasteiger partial charge >= 0.3 is 0 Å². The summed E-state index contributed by atoms with van der Waals surface area (Å²) in [5.41, 5.74) is 0.734. The molecule has 0 bridgehead atoms. The summed E-state index contributed by atoms with van der Waals surface area (Å²) in [6, 6.07) is 7.82. The number of aromatic nitrogens is 1. The Balaban J connectivity index is 2.18. The van der Waals surface area contributed by atoms with E-state index >= 15 is 0 Å². The van der Waals surface area contributed by atoms with Gasteiger partial charge in [-0.25, -0.2) is 4.39 Å². The summed E-state index contributed by atoms with van der Waals surface area (Å²) in [6.07, 6.45) is 1.37. The molecule has 6 heteroatoms. The molecule has 0 aliphatic rings. The molecule has 0 amide bonds. The highest BCUT2D eigenvalue weighted by Crippen LogP contribution is 2.23. The van der Waals surface area contributed by atoms with Crippen LogP contribution >= 0.6 is 0 Å². The lowest BCUT2D eigenvalue weighted by molar-refractivity contribution is 0.429. The second-order valence-electron chi connectivity index (χ2n) is 5.19. The van der Waals surface area contributed by atoms with Crippen molar-refractivity contribution in [2.24, 2.45) is 4.40 Å². The highest BCUT2D eigenvalue weighted by Gasteiger charge is 2.26. The lowest BCUT2D eigenvalue weighted by Gasteiger charge is -2.17. The third-order valence-corrected chi connectivity index (χ3v) is 3.82. The summed E-state index contributed by atoms with van der Waals surface area (Å²) in [5.74, 6) is -0.0727. The van der Waals surface area contributed by atoms with E-state index in [9.17, 15) is 8.94 Å². The fourth-order valence-corrected chi connectivity index (χ4v) is 1.92. The summed E-state index contributed by atoms with van der Waals surface area (Å²) < 4.78 is 33.9. The standard InChI is InChI=1S/C14H15FN2O2S/c1-14(2,3)20(18)16-9-10-8-13(19-17-10)11-6-4-5-7-12(11)15/h4-9H,1-3H3/b16-9+. The Labute approximate surface area is 120 Å². The molecule has 1 aromatic carbocycles. The Morgan fingerprint density at radius 2 is 2.05 bits per heavy atom. The zero-order valence-electron chi connectivity index (χ0n) is 11.5. The Hall–Kier alpha value is -1.66. The van der Waals surface area contributed by atoms with Crippen molar-refractivity contribution in [3.63, 3.8) is 0 Å². The zero-order chi connectivity index (χ0) is 14.8. The molecule has 1 atom stereocenters. The molecule has 0 aliphatic carbocycles. The summed E-state index contributed by atoms with van der Waals surface area (Å²) in [7, 11) is 0. The first kappa shape index (κ1) is 14.7. The van der Waals surface area contributed by atoms with Crippen LogP contribution in [0.5, 0.6) is 0 Å². The monoisotopic (exact) mass is 294 g/mol. The van der Waals surface area contributed by atoms with Crippen LogP contribution in [0.4, 0.5) is 4.39 Å². The Bertz CT molecular complexity index is 620. The molecule has 0 saturated heterocycles. The van der Waals surface area contributed by atoms with Gasteiger partial charge in [0, 0.05) is 6.07 Å². The van der Waals surface area contributed by atoms with Crippen molar-refractivity contribution >= 4 is 17.6 Å². The molecule has 1 heterocycles. The van der Waals surface area contributed by atoms with Crippen LogP contribution in [0, 0.1) is 5.82 Å². The molecule has 1 unspecified atom stereocenters. The van der Waals surface area contributed by atoms with E-state index in [1.807, 2.05) is 20.8 Å². The van der Waals surface area contributed by atoms with Gasteiger partial charge in [0.05, 0.1) is 5.56 Å². The summed E-state index contributed by atoms with van der Waals surface area (Å²) >= 11 is -1.36. The van der Waals surface area contributed by atoms with Crippen molar-refractivity contribution in [3.05, 3.63) is 41.8 Å². The molecule has 106 valence electrons. The molecule has 0 N–H and O–H groups in total. The minimum Gasteiger partial charge on any atom is -0.591 e. The van der Waals surface area contributed by atoms with E-state index in [1.165, 1.54) is 12.3 Å². The lowest BCUT2D eigenvalue weighted by atomic mass is 10.1. The van der Waals surface area contributed by atoms with Gasteiger partial charge in [0.25, 0.3) is 0 Å². The molecule has 0 saturated carbocycles. The summed E-state index contributed by atoms with van der Waals surface area (Å²) in [6.45, 7) is 5.48. The Morgan fingerprint density at radius 3 is 2.70 bits per heavy atom. The van der Waals surface area contributed by atoms with Crippen molar-refractivity contribution < 1.29 is 13.5 Å². The predicted molar refractivity (Wildman–Crippen MR) is 77.4 cm³/mol. The molecule has 1 aromatic heterocycles. The first-order valence-electron chi connectivity index (χ1n) is 6.05. The maximum atomic E-state index is 13.6. The molecule has 0 aliphatic heterocycles. The van der Waals surface area contributed by atoms with Crippen LogP contribution in [-0.4, -0.2) is 20.7 Å². The first-order valence-corrected chi connectivity index (χ1v) is 7.16. The number of benzene rings is 1. The van der Waals surface area contributed by atoms with Crippen molar-refractivity contribution in [3.8, 4) is 11.3 Å². The van der Waals surface area contributed by atoms with Gasteiger partial charge in [0.2, 0.25) is 0 Å². The fraction of sp³-hybridized carbons (Fsp3) is 0.286. The number of nitrogens with zero attached hydrogens (tertiary/aromatic N) is 2. The number of hydrogen-bond donors (Lipinski definition) is 0. The van der Waals surface area contributed by atoms with E-state index in [2.05, 4.69) is 9.55 Å². The van der Waals surface area contributed by atoms with Crippen LogP contribution < -0.4 is 0 Å². The van der Waals surface area contributed by atoms with E-state index < -0.39 is 16.1 Å². The smallest absolute Gasteiger partial charge is 0.170 e. The van der Waals surface area contributed by atoms with Crippen LogP contribution in [0.1, 0.15) is 26.5 Å². The second kappa shape index (κ2) is 5.76. The SMILES string of the molecule is CC(C)(C)[S+]([O-])/N=C/c1cc(-c2ccccc2F)on1. The lowest BCUT2D eigenvalue weighted by Crippen LogP contribution is -2.25. The van der Waals surface area contributed by atoms with Gasteiger partial charge in [-0.15, -0.1) is 0 Å². The van der Waals surface area contributed by atoms with Gasteiger partial charge in [-0.3, -0.25) is 0 Å². The van der Waals surface area contributed by atoms with E-state index in [0.717, 1.165) is 0 Å². The Morgan fingerprint density at radius 1 is 1.35 bits per heavy atom. The number of halogens is 1. The fourth-order valence-electron chi connectivity index (χ4n) is 1.40. The highest BCUT2D eigenvalue weighted by atomic mass is 32.2. The number of hydrogen-bond acceptors (Lipinski definition) is 4. The van der Waals surface area contributed by atoms with Crippen LogP contribution in [0.25, 0.3) is 11.3 Å². The van der Waals surface area contributed by atoms with Crippen LogP contribution in [-0.2, 0) is 11.4 Å². The van der Waals surface area contributed by atoms with Gasteiger partial charge in [-0.2, -0.15) is 0 Å². The van der Waals surface area contributed by atoms with E-state index in [0.29, 0.717) is 17.0 Å². The van der Waals surface area contributed by atoms with Crippen molar-refractivity contribution in [2.75, 3.05) is 0 Å². The minimum absolute atomic E-state index is 0.311. The molecule has 20 heavy (non-hydrogen) atoms. The third-order valence-electron chi connectivity index (χ3n) is 2.47. The number of rotatable bonds is 3. The van der Waals surface area contributed by atoms with Crippen LogP contribution in [0.15, 0.2) is 39.3 Å². The van der Waals surface area contributed by atoms with Crippen LogP contribution in [0.3, 0.4) is 0 Å². The zero-order valence-corrected chi connectivity index (χ0v) is 12.3. The van der Waals surface area contributed by atoms with Gasteiger partial charge in [0.1, 0.15) is 33.8 Å². The van der Waals surface area contributed by atoms with Crippen LogP contribution in [0.2, 0.25) is 0 Å². The van der Waals surface area contributed by atoms with Crippen molar-refractivity contribution in [1.29, 1.82) is 0 Å². The Kier molecular flexibility index (Phi) is 4.25. The van der Waals surface area contributed by atoms with E-state index in [-0.39, 0.29) is 5.82 Å². The predicted octanol–water partition coefficient (Wildman–Crippen LogP) is 3.36. The maximum absolute atomic E-state index is 13.6. The molecule has 2 rings (SSSR count). The molecule has 0 radical (unpaired) electrons. The minimum atomic E-state index is -1.36. The van der Waals surface area contributed by atoms with Crippen molar-refractivity contribution in [1.82, 2.24) is 5.16 Å². The maximum Gasteiger partial charge on any atom is 0.170 e. The van der Waals surface area contributed by atoms with Gasteiger partial charge in [-0.05, 0) is 32.9 Å². The quantitative estimate of drug-likeness (QED) is 0.644. The summed E-state index contributed by atoms with van der Waals surface area (Å²) in [5, 5.41) is 3.76. The summed E-state index contributed by atoms with van der Waals surface area (Å²) in [4.78, 5) is 0. The molecule has 2 aromatic rings. The average molecular weight is 294 g/mol. The largest absolute Gasteiger partial charge is 0.591 e. The first-order chi connectivity index (χ1) is 9.38. The molecule has 4 nitrogen and oxygen atoms in total. The van der Waals surface area contributed by atoms with Gasteiger partial charge in [-0.1, -0.05) is 21.7 Å². The molecule has 0 spiro atoms. The van der Waals surface area contributed by atoms with E-state index in [1.54, 1.807) is 24.3 Å².